The van der Waals surface area contributed by atoms with E-state index in [0.29, 0.717) is 33.2 Å². The highest BCUT2D eigenvalue weighted by atomic mass is 16.1. The number of hydrogen-bond acceptors (Lipinski definition) is 3. The first-order valence-electron chi connectivity index (χ1n) is 6.45. The van der Waals surface area contributed by atoms with E-state index in [0.717, 1.165) is 0 Å². The molecule has 1 aromatic heterocycles. The first kappa shape index (κ1) is 11.6. The van der Waals surface area contributed by atoms with Crippen LogP contribution in [0, 0.1) is 11.3 Å². The fourth-order valence-electron chi connectivity index (χ4n) is 2.96. The molecule has 98 valence electrons. The van der Waals surface area contributed by atoms with Gasteiger partial charge in [-0.05, 0) is 11.6 Å². The van der Waals surface area contributed by atoms with E-state index in [2.05, 4.69) is 4.98 Å². The number of nitriles is 1. The number of nitrogens with one attached hydrogen (secondary N) is 1. The van der Waals surface area contributed by atoms with E-state index in [1.807, 2.05) is 6.07 Å². The Labute approximate surface area is 119 Å². The predicted molar refractivity (Wildman–Crippen MR) is 78.2 cm³/mol. The summed E-state index contributed by atoms with van der Waals surface area (Å²) in [5.41, 5.74) is 2.45. The van der Waals surface area contributed by atoms with Gasteiger partial charge in [0.05, 0.1) is 0 Å². The maximum absolute atomic E-state index is 12.6. The number of H-pyrrole nitrogens is 1. The zero-order chi connectivity index (χ0) is 14.6. The van der Waals surface area contributed by atoms with E-state index in [4.69, 9.17) is 0 Å². The minimum absolute atomic E-state index is 0.0508. The number of fused-ring (bicyclic) bond motifs is 2. The Morgan fingerprint density at radius 3 is 2.38 bits per heavy atom. The molecule has 4 rings (SSSR count). The molecule has 0 unspecified atom stereocenters. The van der Waals surface area contributed by atoms with Gasteiger partial charge in [-0.15, -0.1) is 0 Å². The maximum Gasteiger partial charge on any atom is 0.266 e. The van der Waals surface area contributed by atoms with Crippen molar-refractivity contribution in [2.45, 2.75) is 0 Å². The number of aromatic nitrogens is 1. The summed E-state index contributed by atoms with van der Waals surface area (Å²) < 4.78 is 0. The lowest BCUT2D eigenvalue weighted by molar-refractivity contribution is 0.104. The summed E-state index contributed by atoms with van der Waals surface area (Å²) in [7, 11) is 0. The zero-order valence-electron chi connectivity index (χ0n) is 10.8. The molecule has 0 radical (unpaired) electrons. The van der Waals surface area contributed by atoms with Gasteiger partial charge >= 0.3 is 0 Å². The lowest BCUT2D eigenvalue weighted by atomic mass is 9.82. The molecule has 0 bridgehead atoms. The Balaban J connectivity index is 2.37. The van der Waals surface area contributed by atoms with Crippen molar-refractivity contribution in [3.05, 3.63) is 69.5 Å². The Hall–Kier alpha value is -3.19. The van der Waals surface area contributed by atoms with Crippen LogP contribution in [0.25, 0.3) is 22.0 Å². The average Bonchev–Trinajstić information content (AvgIpc) is 2.51. The third-order valence-corrected chi connectivity index (χ3v) is 3.84. The SMILES string of the molecule is N#Cc1c2c3c(cccc3[nH]c1=O)C(=O)c1ccccc1-2. The molecule has 21 heavy (non-hydrogen) atoms. The van der Waals surface area contributed by atoms with Gasteiger partial charge in [-0.1, -0.05) is 36.4 Å². The lowest BCUT2D eigenvalue weighted by Gasteiger charge is -2.20. The van der Waals surface area contributed by atoms with Crippen LogP contribution in [0.15, 0.2) is 47.3 Å². The molecule has 2 aromatic carbocycles. The van der Waals surface area contributed by atoms with Crippen LogP contribution in [0.1, 0.15) is 21.5 Å². The van der Waals surface area contributed by atoms with Crippen LogP contribution < -0.4 is 5.56 Å². The van der Waals surface area contributed by atoms with Gasteiger partial charge in [0.15, 0.2) is 5.78 Å². The third kappa shape index (κ3) is 1.37. The zero-order valence-corrected chi connectivity index (χ0v) is 10.8. The number of benzene rings is 2. The van der Waals surface area contributed by atoms with Crippen LogP contribution >= 0.6 is 0 Å². The van der Waals surface area contributed by atoms with Crippen molar-refractivity contribution in [3.63, 3.8) is 0 Å². The van der Waals surface area contributed by atoms with Crippen molar-refractivity contribution in [1.29, 1.82) is 5.26 Å². The lowest BCUT2D eigenvalue weighted by Crippen LogP contribution is -2.18. The summed E-state index contributed by atoms with van der Waals surface area (Å²) in [6.07, 6.45) is 0. The standard InChI is InChI=1S/C17H8N2O2/c18-8-12-14-9-4-1-2-5-10(9)16(20)11-6-3-7-13(15(11)14)19-17(12)21/h1-7H,(H,19,21). The number of carbonyl (C=O) groups is 1. The van der Waals surface area contributed by atoms with Gasteiger partial charge in [0.2, 0.25) is 0 Å². The van der Waals surface area contributed by atoms with Crippen molar-refractivity contribution in [3.8, 4) is 17.2 Å². The third-order valence-electron chi connectivity index (χ3n) is 3.84. The number of carbonyl (C=O) groups excluding carboxylic acids is 1. The van der Waals surface area contributed by atoms with Gasteiger partial charge in [-0.25, -0.2) is 0 Å². The van der Waals surface area contributed by atoms with E-state index < -0.39 is 5.56 Å². The maximum atomic E-state index is 12.6. The van der Waals surface area contributed by atoms with Gasteiger partial charge in [-0.2, -0.15) is 5.26 Å². The highest BCUT2D eigenvalue weighted by Gasteiger charge is 2.28. The average molecular weight is 272 g/mol. The van der Waals surface area contributed by atoms with Crippen molar-refractivity contribution in [2.75, 3.05) is 0 Å². The minimum Gasteiger partial charge on any atom is -0.321 e. The first-order chi connectivity index (χ1) is 10.2. The second-order valence-corrected chi connectivity index (χ2v) is 4.92. The van der Waals surface area contributed by atoms with E-state index in [-0.39, 0.29) is 11.3 Å². The fraction of sp³-hybridized carbons (Fsp3) is 0. The summed E-state index contributed by atoms with van der Waals surface area (Å²) >= 11 is 0. The summed E-state index contributed by atoms with van der Waals surface area (Å²) in [4.78, 5) is 27.4. The highest BCUT2D eigenvalue weighted by molar-refractivity contribution is 6.25. The summed E-state index contributed by atoms with van der Waals surface area (Å²) in [6.45, 7) is 0. The van der Waals surface area contributed by atoms with Gasteiger partial charge < -0.3 is 4.98 Å². The smallest absolute Gasteiger partial charge is 0.266 e. The quantitative estimate of drug-likeness (QED) is 0.534. The highest BCUT2D eigenvalue weighted by Crippen LogP contribution is 2.39. The predicted octanol–water partition coefficient (Wildman–Crippen LogP) is 2.61. The van der Waals surface area contributed by atoms with E-state index in [1.54, 1.807) is 42.5 Å². The van der Waals surface area contributed by atoms with E-state index >= 15 is 0 Å². The summed E-state index contributed by atoms with van der Waals surface area (Å²) in [5, 5.41) is 9.99. The van der Waals surface area contributed by atoms with Crippen LogP contribution in [0.4, 0.5) is 0 Å². The molecule has 0 fully saturated rings. The van der Waals surface area contributed by atoms with Crippen molar-refractivity contribution in [2.24, 2.45) is 0 Å². The Morgan fingerprint density at radius 2 is 1.62 bits per heavy atom. The molecule has 0 atom stereocenters. The molecule has 1 N–H and O–H groups in total. The van der Waals surface area contributed by atoms with E-state index in [9.17, 15) is 14.9 Å². The Morgan fingerprint density at radius 1 is 0.905 bits per heavy atom. The molecular weight excluding hydrogens is 264 g/mol. The minimum atomic E-state index is -0.429. The van der Waals surface area contributed by atoms with Crippen molar-refractivity contribution in [1.82, 2.24) is 4.98 Å². The van der Waals surface area contributed by atoms with Crippen LogP contribution in [0.5, 0.6) is 0 Å². The van der Waals surface area contributed by atoms with Gasteiger partial charge in [-0.3, -0.25) is 9.59 Å². The molecule has 0 saturated heterocycles. The molecule has 0 saturated carbocycles. The number of pyridine rings is 1. The topological polar surface area (TPSA) is 73.7 Å². The Bertz CT molecular complexity index is 1040. The number of hydrogen-bond donors (Lipinski definition) is 1. The Kier molecular flexibility index (Phi) is 2.16. The monoisotopic (exact) mass is 272 g/mol. The molecular formula is C17H8N2O2. The number of ketones is 1. The number of rotatable bonds is 0. The summed E-state index contributed by atoms with van der Waals surface area (Å²) in [6, 6.07) is 14.2. The largest absolute Gasteiger partial charge is 0.321 e. The number of nitrogens with zero attached hydrogens (tertiary/aromatic N) is 1. The molecule has 1 heterocycles. The fourth-order valence-corrected chi connectivity index (χ4v) is 2.96. The van der Waals surface area contributed by atoms with Crippen molar-refractivity contribution < 1.29 is 4.79 Å². The molecule has 4 nitrogen and oxygen atoms in total. The number of aromatic amines is 1. The second-order valence-electron chi connectivity index (χ2n) is 4.92. The van der Waals surface area contributed by atoms with Gasteiger partial charge in [0.25, 0.3) is 5.56 Å². The van der Waals surface area contributed by atoms with Crippen LogP contribution in [0.2, 0.25) is 0 Å². The van der Waals surface area contributed by atoms with Crippen LogP contribution in [-0.4, -0.2) is 10.8 Å². The summed E-state index contributed by atoms with van der Waals surface area (Å²) in [5.74, 6) is -0.0837. The molecule has 4 heteroatoms. The van der Waals surface area contributed by atoms with Gasteiger partial charge in [0.1, 0.15) is 11.6 Å². The van der Waals surface area contributed by atoms with Gasteiger partial charge in [0, 0.05) is 27.6 Å². The normalized spacial score (nSPS) is 12.0. The molecule has 0 amide bonds. The van der Waals surface area contributed by atoms with Crippen molar-refractivity contribution >= 4 is 16.7 Å². The van der Waals surface area contributed by atoms with Crippen LogP contribution in [0.3, 0.4) is 0 Å². The first-order valence-corrected chi connectivity index (χ1v) is 6.45. The molecule has 0 aliphatic heterocycles. The molecule has 1 aliphatic rings. The second kappa shape index (κ2) is 3.90. The van der Waals surface area contributed by atoms with E-state index in [1.165, 1.54) is 0 Å². The molecule has 1 aliphatic carbocycles. The molecule has 0 spiro atoms. The van der Waals surface area contributed by atoms with Crippen LogP contribution in [-0.2, 0) is 0 Å². The molecule has 3 aromatic rings.